The molecule has 1 aliphatic rings. The van der Waals surface area contributed by atoms with Crippen LogP contribution in [0.1, 0.15) is 42.2 Å². The molecule has 2 atom stereocenters. The molecule has 0 radical (unpaired) electrons. The van der Waals surface area contributed by atoms with Gasteiger partial charge in [0.05, 0.1) is 13.2 Å². The maximum atomic E-state index is 13.6. The molecule has 0 fully saturated rings. The second-order valence-electron chi connectivity index (χ2n) is 9.06. The predicted octanol–water partition coefficient (Wildman–Crippen LogP) is 6.02. The summed E-state index contributed by atoms with van der Waals surface area (Å²) in [4.78, 5) is 30.3. The Kier molecular flexibility index (Phi) is 6.34. The zero-order valence-corrected chi connectivity index (χ0v) is 20.7. The number of rotatable bonds is 5. The molecule has 0 bridgehead atoms. The Balaban J connectivity index is 1.50. The van der Waals surface area contributed by atoms with Gasteiger partial charge in [-0.1, -0.05) is 18.2 Å². The second kappa shape index (κ2) is 9.74. The molecule has 36 heavy (non-hydrogen) atoms. The van der Waals surface area contributed by atoms with E-state index in [0.29, 0.717) is 17.7 Å². The molecule has 2 heterocycles. The van der Waals surface area contributed by atoms with Crippen molar-refractivity contribution in [3.8, 4) is 11.4 Å². The number of carbonyl (C=O) groups excluding carboxylic acids is 2. The number of carbonyl (C=O) groups is 2. The molecule has 0 saturated heterocycles. The molecule has 182 valence electrons. The van der Waals surface area contributed by atoms with E-state index in [1.807, 2.05) is 94.3 Å². The monoisotopic (exact) mass is 479 g/mol. The minimum absolute atomic E-state index is 0.0364. The summed E-state index contributed by atoms with van der Waals surface area (Å²) in [7, 11) is 1.61. The molecular weight excluding hydrogens is 450 g/mol. The van der Waals surface area contributed by atoms with Crippen LogP contribution in [0.3, 0.4) is 0 Å². The highest BCUT2D eigenvalue weighted by Crippen LogP contribution is 2.42. The standard InChI is InChI=1S/C30H29N3O3/c1-21-20-29(33(22(2)34)25-14-12-24(13-15-25)31-18-6-7-19-31)27-8-4-5-9-28(27)32(21)30(35)23-10-16-26(36-3)17-11-23/h4-19,21,29H,20H2,1-3H3. The van der Waals surface area contributed by atoms with E-state index >= 15 is 0 Å². The predicted molar refractivity (Wildman–Crippen MR) is 142 cm³/mol. The van der Waals surface area contributed by atoms with Gasteiger partial charge in [0.15, 0.2) is 0 Å². The van der Waals surface area contributed by atoms with Crippen LogP contribution in [-0.2, 0) is 4.79 Å². The molecule has 4 aromatic rings. The van der Waals surface area contributed by atoms with Crippen LogP contribution < -0.4 is 14.5 Å². The summed E-state index contributed by atoms with van der Waals surface area (Å²) in [5, 5.41) is 0. The Morgan fingerprint density at radius 2 is 1.56 bits per heavy atom. The maximum absolute atomic E-state index is 13.6. The number of benzene rings is 3. The SMILES string of the molecule is COc1ccc(C(=O)N2c3ccccc3C(N(C(C)=O)c3ccc(-n4cccc4)cc3)CC2C)cc1. The Hall–Kier alpha value is -4.32. The van der Waals surface area contributed by atoms with Gasteiger partial charge in [0.2, 0.25) is 5.91 Å². The summed E-state index contributed by atoms with van der Waals surface area (Å²) in [6, 6.07) is 26.7. The molecule has 6 heteroatoms. The van der Waals surface area contributed by atoms with Crippen LogP contribution in [0, 0.1) is 0 Å². The van der Waals surface area contributed by atoms with E-state index in [2.05, 4.69) is 0 Å². The number of fused-ring (bicyclic) bond motifs is 1. The quantitative estimate of drug-likeness (QED) is 0.352. The number of anilines is 2. The van der Waals surface area contributed by atoms with Crippen molar-refractivity contribution in [1.29, 1.82) is 0 Å². The van der Waals surface area contributed by atoms with Crippen molar-refractivity contribution in [1.82, 2.24) is 4.57 Å². The number of hydrogen-bond acceptors (Lipinski definition) is 3. The van der Waals surface area contributed by atoms with E-state index in [1.165, 1.54) is 0 Å². The molecular formula is C30H29N3O3. The highest BCUT2D eigenvalue weighted by Gasteiger charge is 2.38. The molecule has 0 N–H and O–H groups in total. The fourth-order valence-electron chi connectivity index (χ4n) is 5.08. The molecule has 6 nitrogen and oxygen atoms in total. The number of nitrogens with zero attached hydrogens (tertiary/aromatic N) is 3. The van der Waals surface area contributed by atoms with E-state index < -0.39 is 0 Å². The highest BCUT2D eigenvalue weighted by atomic mass is 16.5. The molecule has 0 spiro atoms. The first-order valence-corrected chi connectivity index (χ1v) is 12.1. The normalized spacial score (nSPS) is 16.8. The van der Waals surface area contributed by atoms with Crippen LogP contribution in [0.25, 0.3) is 5.69 Å². The van der Waals surface area contributed by atoms with Crippen LogP contribution in [0.15, 0.2) is 97.3 Å². The number of aromatic nitrogens is 1. The lowest BCUT2D eigenvalue weighted by atomic mass is 9.89. The summed E-state index contributed by atoms with van der Waals surface area (Å²) in [6.07, 6.45) is 4.61. The molecule has 0 saturated carbocycles. The zero-order chi connectivity index (χ0) is 25.2. The minimum Gasteiger partial charge on any atom is -0.497 e. The topological polar surface area (TPSA) is 54.8 Å². The lowest BCUT2D eigenvalue weighted by Gasteiger charge is -2.43. The van der Waals surface area contributed by atoms with Crippen LogP contribution >= 0.6 is 0 Å². The molecule has 5 rings (SSSR count). The average Bonchev–Trinajstić information content (AvgIpc) is 3.44. The van der Waals surface area contributed by atoms with Gasteiger partial charge in [-0.05, 0) is 85.6 Å². The third-order valence-electron chi connectivity index (χ3n) is 6.80. The van der Waals surface area contributed by atoms with Crippen molar-refractivity contribution < 1.29 is 14.3 Å². The number of amides is 2. The first-order valence-electron chi connectivity index (χ1n) is 12.1. The van der Waals surface area contributed by atoms with Gasteiger partial charge in [-0.25, -0.2) is 0 Å². The van der Waals surface area contributed by atoms with Gasteiger partial charge in [-0.2, -0.15) is 0 Å². The lowest BCUT2D eigenvalue weighted by Crippen LogP contribution is -2.47. The minimum atomic E-state index is -0.189. The number of hydrogen-bond donors (Lipinski definition) is 0. The van der Waals surface area contributed by atoms with Crippen LogP contribution in [0.2, 0.25) is 0 Å². The summed E-state index contributed by atoms with van der Waals surface area (Å²) in [6.45, 7) is 3.64. The van der Waals surface area contributed by atoms with Crippen molar-refractivity contribution >= 4 is 23.2 Å². The fourth-order valence-corrected chi connectivity index (χ4v) is 5.08. The van der Waals surface area contributed by atoms with E-state index in [-0.39, 0.29) is 23.9 Å². The van der Waals surface area contributed by atoms with E-state index in [4.69, 9.17) is 4.74 Å². The van der Waals surface area contributed by atoms with Crippen molar-refractivity contribution in [2.45, 2.75) is 32.4 Å². The molecule has 1 aliphatic heterocycles. The third-order valence-corrected chi connectivity index (χ3v) is 6.80. The first-order chi connectivity index (χ1) is 17.5. The van der Waals surface area contributed by atoms with Gasteiger partial charge >= 0.3 is 0 Å². The Morgan fingerprint density at radius 3 is 2.19 bits per heavy atom. The molecule has 2 unspecified atom stereocenters. The van der Waals surface area contributed by atoms with Gasteiger partial charge in [-0.3, -0.25) is 9.59 Å². The van der Waals surface area contributed by atoms with Crippen molar-refractivity contribution in [2.24, 2.45) is 0 Å². The average molecular weight is 480 g/mol. The fraction of sp³-hybridized carbons (Fsp3) is 0.200. The summed E-state index contributed by atoms with van der Waals surface area (Å²) in [5.74, 6) is 0.603. The first kappa shape index (κ1) is 23.4. The van der Waals surface area contributed by atoms with Gasteiger partial charge < -0.3 is 19.1 Å². The van der Waals surface area contributed by atoms with E-state index in [0.717, 1.165) is 22.6 Å². The smallest absolute Gasteiger partial charge is 0.258 e. The van der Waals surface area contributed by atoms with E-state index in [9.17, 15) is 9.59 Å². The van der Waals surface area contributed by atoms with Gasteiger partial charge in [0.25, 0.3) is 5.91 Å². The van der Waals surface area contributed by atoms with Gasteiger partial charge in [-0.15, -0.1) is 0 Å². The van der Waals surface area contributed by atoms with Crippen LogP contribution in [0.4, 0.5) is 11.4 Å². The number of methoxy groups -OCH3 is 1. The number of para-hydroxylation sites is 1. The summed E-state index contributed by atoms with van der Waals surface area (Å²) in [5.41, 5.74) is 4.25. The lowest BCUT2D eigenvalue weighted by molar-refractivity contribution is -0.117. The largest absolute Gasteiger partial charge is 0.497 e. The van der Waals surface area contributed by atoms with Crippen molar-refractivity contribution in [2.75, 3.05) is 16.9 Å². The van der Waals surface area contributed by atoms with Crippen LogP contribution in [-0.4, -0.2) is 29.5 Å². The second-order valence-corrected chi connectivity index (χ2v) is 9.06. The summed E-state index contributed by atoms with van der Waals surface area (Å²) < 4.78 is 7.27. The number of ether oxygens (including phenoxy) is 1. The highest BCUT2D eigenvalue weighted by molar-refractivity contribution is 6.07. The molecule has 0 aliphatic carbocycles. The van der Waals surface area contributed by atoms with E-state index in [1.54, 1.807) is 38.3 Å². The van der Waals surface area contributed by atoms with Crippen molar-refractivity contribution in [3.05, 3.63) is 108 Å². The summed E-state index contributed by atoms with van der Waals surface area (Å²) >= 11 is 0. The van der Waals surface area contributed by atoms with Crippen molar-refractivity contribution in [3.63, 3.8) is 0 Å². The zero-order valence-electron chi connectivity index (χ0n) is 20.7. The Morgan fingerprint density at radius 1 is 0.889 bits per heavy atom. The third kappa shape index (κ3) is 4.26. The molecule has 1 aromatic heterocycles. The van der Waals surface area contributed by atoms with Gasteiger partial charge in [0, 0.05) is 48.0 Å². The Bertz CT molecular complexity index is 1360. The molecule has 3 aromatic carbocycles. The Labute approximate surface area is 211 Å². The molecule has 2 amide bonds. The maximum Gasteiger partial charge on any atom is 0.258 e. The van der Waals surface area contributed by atoms with Gasteiger partial charge in [0.1, 0.15) is 5.75 Å². The van der Waals surface area contributed by atoms with Crippen LogP contribution in [0.5, 0.6) is 5.75 Å².